The molecule has 3 fully saturated rings. The lowest BCUT2D eigenvalue weighted by atomic mass is 9.49. The van der Waals surface area contributed by atoms with Crippen molar-refractivity contribution in [1.29, 1.82) is 0 Å². The van der Waals surface area contributed by atoms with Crippen LogP contribution in [0.4, 0.5) is 0 Å². The Bertz CT molecular complexity index is 731. The van der Waals surface area contributed by atoms with Crippen molar-refractivity contribution < 1.29 is 9.90 Å². The first-order valence-corrected chi connectivity index (χ1v) is 10.7. The van der Waals surface area contributed by atoms with Gasteiger partial charge in [0.2, 0.25) is 0 Å². The fourth-order valence-corrected chi connectivity index (χ4v) is 6.81. The van der Waals surface area contributed by atoms with E-state index in [0.29, 0.717) is 35.8 Å². The van der Waals surface area contributed by atoms with Gasteiger partial charge in [-0.15, -0.1) is 12.4 Å². The number of benzene rings is 1. The van der Waals surface area contributed by atoms with Gasteiger partial charge in [-0.1, -0.05) is 25.8 Å². The highest BCUT2D eigenvalue weighted by Gasteiger charge is 2.58. The first-order chi connectivity index (χ1) is 12.6. The van der Waals surface area contributed by atoms with E-state index in [2.05, 4.69) is 17.9 Å². The van der Waals surface area contributed by atoms with E-state index in [-0.39, 0.29) is 17.8 Å². The summed E-state index contributed by atoms with van der Waals surface area (Å²) >= 11 is 0. The van der Waals surface area contributed by atoms with Gasteiger partial charge in [0.25, 0.3) is 0 Å². The van der Waals surface area contributed by atoms with Gasteiger partial charge in [-0.05, 0) is 73.2 Å². The number of hydrogen-bond acceptors (Lipinski definition) is 3. The highest BCUT2D eigenvalue weighted by molar-refractivity contribution is 5.85. The molecule has 0 amide bonds. The monoisotopic (exact) mass is 389 g/mol. The van der Waals surface area contributed by atoms with E-state index in [0.717, 1.165) is 38.1 Å². The van der Waals surface area contributed by atoms with E-state index in [4.69, 9.17) is 0 Å². The Labute approximate surface area is 168 Å². The minimum atomic E-state index is -0.0247. The number of phenolic OH excluding ortho intramolecular Hbond substituents is 1. The number of carbonyl (C=O) groups is 1. The standard InChI is InChI=1S/C23H31NO2.ClH/c1-2-16-10-19(26)13-23-8-9-24(14-15-4-3-5-15)21(22(16)23)11-17-6-7-18(25)12-20(17)23;/h6-7,12,15-16,21-22,25H,2-5,8-11,13-14H2,1H3;1H/t16-,21?,22-,23?;/m1./s1. The maximum atomic E-state index is 12.7. The fraction of sp³-hybridized carbons (Fsp3) is 0.696. The van der Waals surface area contributed by atoms with E-state index in [1.165, 1.54) is 36.9 Å². The Morgan fingerprint density at radius 1 is 1.26 bits per heavy atom. The number of likely N-dealkylation sites (tertiary alicyclic amines) is 1. The summed E-state index contributed by atoms with van der Waals surface area (Å²) < 4.78 is 0. The van der Waals surface area contributed by atoms with Crippen LogP contribution in [0.15, 0.2) is 18.2 Å². The van der Waals surface area contributed by atoms with Crippen LogP contribution in [0.5, 0.6) is 5.75 Å². The summed E-state index contributed by atoms with van der Waals surface area (Å²) in [5.74, 6) is 2.78. The Morgan fingerprint density at radius 2 is 2.07 bits per heavy atom. The topological polar surface area (TPSA) is 40.5 Å². The molecule has 1 heterocycles. The van der Waals surface area contributed by atoms with Crippen LogP contribution in [0.2, 0.25) is 0 Å². The molecule has 0 spiro atoms. The minimum Gasteiger partial charge on any atom is -0.508 e. The number of aromatic hydroxyl groups is 1. The molecule has 5 rings (SSSR count). The van der Waals surface area contributed by atoms with Crippen LogP contribution in [0, 0.1) is 17.8 Å². The maximum Gasteiger partial charge on any atom is 0.134 e. The number of phenols is 1. The average molecular weight is 390 g/mol. The third-order valence-electron chi connectivity index (χ3n) is 8.18. The van der Waals surface area contributed by atoms with E-state index in [1.807, 2.05) is 12.1 Å². The first kappa shape index (κ1) is 19.3. The molecule has 148 valence electrons. The second-order valence-electron chi connectivity index (χ2n) is 9.42. The molecule has 4 atom stereocenters. The van der Waals surface area contributed by atoms with Crippen molar-refractivity contribution in [2.75, 3.05) is 13.1 Å². The Hall–Kier alpha value is -1.06. The summed E-state index contributed by atoms with van der Waals surface area (Å²) in [6.45, 7) is 4.65. The molecule has 2 bridgehead atoms. The van der Waals surface area contributed by atoms with Crippen LogP contribution in [0.3, 0.4) is 0 Å². The van der Waals surface area contributed by atoms with E-state index in [9.17, 15) is 9.90 Å². The molecule has 2 unspecified atom stereocenters. The van der Waals surface area contributed by atoms with E-state index >= 15 is 0 Å². The second-order valence-corrected chi connectivity index (χ2v) is 9.42. The molecule has 1 aromatic carbocycles. The molecule has 4 heteroatoms. The highest BCUT2D eigenvalue weighted by atomic mass is 35.5. The van der Waals surface area contributed by atoms with Crippen LogP contribution < -0.4 is 0 Å². The maximum absolute atomic E-state index is 12.7. The number of nitrogens with zero attached hydrogens (tertiary/aromatic N) is 1. The number of hydrogen-bond donors (Lipinski definition) is 1. The van der Waals surface area contributed by atoms with Crippen molar-refractivity contribution in [3.63, 3.8) is 0 Å². The summed E-state index contributed by atoms with van der Waals surface area (Å²) in [6, 6.07) is 6.54. The van der Waals surface area contributed by atoms with Crippen molar-refractivity contribution >= 4 is 18.2 Å². The summed E-state index contributed by atoms with van der Waals surface area (Å²) in [5, 5.41) is 10.2. The van der Waals surface area contributed by atoms with E-state index < -0.39 is 0 Å². The van der Waals surface area contributed by atoms with Crippen molar-refractivity contribution in [2.24, 2.45) is 17.8 Å². The van der Waals surface area contributed by atoms with Crippen molar-refractivity contribution in [1.82, 2.24) is 4.90 Å². The summed E-state index contributed by atoms with van der Waals surface area (Å²) in [4.78, 5) is 15.5. The number of carbonyl (C=O) groups excluding carboxylic acids is 1. The number of halogens is 1. The lowest BCUT2D eigenvalue weighted by molar-refractivity contribution is -0.132. The van der Waals surface area contributed by atoms with Crippen LogP contribution in [-0.4, -0.2) is 34.9 Å². The predicted octanol–water partition coefficient (Wildman–Crippen LogP) is 4.49. The molecular formula is C23H32ClNO2. The predicted molar refractivity (Wildman–Crippen MR) is 110 cm³/mol. The smallest absolute Gasteiger partial charge is 0.134 e. The van der Waals surface area contributed by atoms with Crippen LogP contribution in [0.25, 0.3) is 0 Å². The zero-order valence-electron chi connectivity index (χ0n) is 16.3. The van der Waals surface area contributed by atoms with E-state index in [1.54, 1.807) is 0 Å². The molecular weight excluding hydrogens is 358 g/mol. The lowest BCUT2D eigenvalue weighted by Gasteiger charge is -2.61. The third-order valence-corrected chi connectivity index (χ3v) is 8.18. The number of Topliss-reactive ketones (excluding diaryl/α,β-unsaturated/α-hetero) is 1. The van der Waals surface area contributed by atoms with Gasteiger partial charge in [-0.2, -0.15) is 0 Å². The SMILES string of the molecule is CC[C@@H]1CC(=O)CC23CCN(CC4CCC4)C(Cc4ccc(O)cc42)[C@@H]13.Cl. The van der Waals surface area contributed by atoms with Crippen LogP contribution in [0.1, 0.15) is 63.0 Å². The molecule has 27 heavy (non-hydrogen) atoms. The normalized spacial score (nSPS) is 35.6. The largest absolute Gasteiger partial charge is 0.508 e. The summed E-state index contributed by atoms with van der Waals surface area (Å²) in [6.07, 6.45) is 8.95. The number of ketones is 1. The molecule has 2 saturated carbocycles. The molecule has 0 aromatic heterocycles. The zero-order valence-corrected chi connectivity index (χ0v) is 17.1. The molecule has 3 aliphatic carbocycles. The van der Waals surface area contributed by atoms with Gasteiger partial charge in [0.15, 0.2) is 0 Å². The highest BCUT2D eigenvalue weighted by Crippen LogP contribution is 2.58. The van der Waals surface area contributed by atoms with Crippen molar-refractivity contribution in [3.8, 4) is 5.75 Å². The van der Waals surface area contributed by atoms with Crippen molar-refractivity contribution in [2.45, 2.75) is 69.7 Å². The average Bonchev–Trinajstić information content (AvgIpc) is 2.59. The fourth-order valence-electron chi connectivity index (χ4n) is 6.81. The van der Waals surface area contributed by atoms with Gasteiger partial charge in [0, 0.05) is 30.8 Å². The molecule has 1 saturated heterocycles. The van der Waals surface area contributed by atoms with Gasteiger partial charge >= 0.3 is 0 Å². The minimum absolute atomic E-state index is 0. The van der Waals surface area contributed by atoms with Gasteiger partial charge < -0.3 is 5.11 Å². The summed E-state index contributed by atoms with van der Waals surface area (Å²) in [7, 11) is 0. The second kappa shape index (κ2) is 7.08. The molecule has 1 aliphatic heterocycles. The Morgan fingerprint density at radius 3 is 2.78 bits per heavy atom. The lowest BCUT2D eigenvalue weighted by Crippen LogP contribution is -2.64. The molecule has 1 N–H and O–H groups in total. The summed E-state index contributed by atoms with van der Waals surface area (Å²) in [5.41, 5.74) is 2.66. The number of rotatable bonds is 3. The van der Waals surface area contributed by atoms with Gasteiger partial charge in [0.1, 0.15) is 11.5 Å². The first-order valence-electron chi connectivity index (χ1n) is 10.7. The molecule has 0 radical (unpaired) electrons. The quantitative estimate of drug-likeness (QED) is 0.828. The van der Waals surface area contributed by atoms with Gasteiger partial charge in [0.05, 0.1) is 0 Å². The van der Waals surface area contributed by atoms with Crippen molar-refractivity contribution in [3.05, 3.63) is 29.3 Å². The van der Waals surface area contributed by atoms with Gasteiger partial charge in [-0.3, -0.25) is 9.69 Å². The molecule has 1 aromatic rings. The Kier molecular flexibility index (Phi) is 5.05. The Balaban J connectivity index is 0.00000180. The number of fused-ring (bicyclic) bond motifs is 1. The van der Waals surface area contributed by atoms with Crippen LogP contribution in [-0.2, 0) is 16.6 Å². The molecule has 4 aliphatic rings. The van der Waals surface area contributed by atoms with Gasteiger partial charge in [-0.25, -0.2) is 0 Å². The van der Waals surface area contributed by atoms with Crippen LogP contribution >= 0.6 is 12.4 Å². The number of piperidine rings is 1. The third kappa shape index (κ3) is 2.93. The zero-order chi connectivity index (χ0) is 17.9. The molecule has 3 nitrogen and oxygen atoms in total.